The van der Waals surface area contributed by atoms with E-state index in [1.54, 1.807) is 43.7 Å². The van der Waals surface area contributed by atoms with Crippen LogP contribution in [0.3, 0.4) is 0 Å². The topological polar surface area (TPSA) is 122 Å². The molecule has 1 atom stereocenters. The second-order valence-corrected chi connectivity index (χ2v) is 10.1. The van der Waals surface area contributed by atoms with Crippen molar-refractivity contribution in [2.45, 2.75) is 33.2 Å². The van der Waals surface area contributed by atoms with Gasteiger partial charge in [0.05, 0.1) is 29.2 Å². The molecular formula is C28H25FN6O3. The smallest absolute Gasteiger partial charge is 0.326 e. The summed E-state index contributed by atoms with van der Waals surface area (Å²) in [6.07, 6.45) is 5.50. The van der Waals surface area contributed by atoms with Crippen molar-refractivity contribution >= 4 is 28.6 Å². The van der Waals surface area contributed by atoms with Gasteiger partial charge in [0, 0.05) is 23.6 Å². The summed E-state index contributed by atoms with van der Waals surface area (Å²) in [5.41, 5.74) is 2.56. The molecule has 0 saturated heterocycles. The number of hydrogen-bond acceptors (Lipinski definition) is 6. The van der Waals surface area contributed by atoms with E-state index in [0.29, 0.717) is 23.5 Å². The zero-order valence-corrected chi connectivity index (χ0v) is 21.0. The predicted octanol–water partition coefficient (Wildman–Crippen LogP) is 4.30. The third-order valence-corrected chi connectivity index (χ3v) is 6.25. The third kappa shape index (κ3) is 4.93. The molecule has 0 fully saturated rings. The number of carboxylic acid groups (broad SMARTS) is 1. The minimum atomic E-state index is -1.19. The fourth-order valence-corrected chi connectivity index (χ4v) is 4.23. The van der Waals surface area contributed by atoms with E-state index in [9.17, 15) is 14.7 Å². The SMILES string of the molecule is CC(C)(C)C(NC(=O)c1ccc(-c2cnc3ncc(Cc4ccc5ncccc5c4)n3n2)cc1F)C(=O)O. The molecule has 0 radical (unpaired) electrons. The standard InChI is InChI=1S/C28H25FN6O3/c1-28(2,3)24(26(37)38)33-25(36)20-8-7-18(13-21(20)29)23-15-32-27-31-14-19(35(27)34-23)12-16-6-9-22-17(11-16)5-4-10-30-22/h4-11,13-15,24H,12H2,1-3H3,(H,33,36)(H,37,38). The van der Waals surface area contributed by atoms with Crippen LogP contribution in [0.1, 0.15) is 42.4 Å². The molecule has 3 heterocycles. The Morgan fingerprint density at radius 3 is 2.58 bits per heavy atom. The van der Waals surface area contributed by atoms with Crippen LogP contribution in [0.4, 0.5) is 4.39 Å². The highest BCUT2D eigenvalue weighted by Gasteiger charge is 2.33. The Labute approximate surface area is 217 Å². The predicted molar refractivity (Wildman–Crippen MR) is 139 cm³/mol. The van der Waals surface area contributed by atoms with Crippen molar-refractivity contribution < 1.29 is 19.1 Å². The first kappa shape index (κ1) is 24.9. The van der Waals surface area contributed by atoms with E-state index in [1.807, 2.05) is 24.3 Å². The second kappa shape index (κ2) is 9.62. The normalized spacial score (nSPS) is 12.5. The molecule has 192 valence electrons. The van der Waals surface area contributed by atoms with Crippen LogP contribution in [0.2, 0.25) is 0 Å². The summed E-state index contributed by atoms with van der Waals surface area (Å²) in [5, 5.41) is 17.5. The summed E-state index contributed by atoms with van der Waals surface area (Å²) in [7, 11) is 0. The van der Waals surface area contributed by atoms with Crippen molar-refractivity contribution in [3.05, 3.63) is 89.8 Å². The minimum Gasteiger partial charge on any atom is -0.480 e. The zero-order chi connectivity index (χ0) is 27.0. The second-order valence-electron chi connectivity index (χ2n) is 10.1. The molecule has 38 heavy (non-hydrogen) atoms. The van der Waals surface area contributed by atoms with Crippen molar-refractivity contribution in [2.75, 3.05) is 0 Å². The summed E-state index contributed by atoms with van der Waals surface area (Å²) < 4.78 is 16.6. The number of hydrogen-bond donors (Lipinski definition) is 2. The Morgan fingerprint density at radius 2 is 1.84 bits per heavy atom. The lowest BCUT2D eigenvalue weighted by atomic mass is 9.86. The van der Waals surface area contributed by atoms with E-state index >= 15 is 4.39 Å². The van der Waals surface area contributed by atoms with Gasteiger partial charge in [-0.3, -0.25) is 9.78 Å². The summed E-state index contributed by atoms with van der Waals surface area (Å²) in [6, 6.07) is 12.8. The first-order valence-electron chi connectivity index (χ1n) is 12.0. The first-order chi connectivity index (χ1) is 18.1. The largest absolute Gasteiger partial charge is 0.480 e. The van der Waals surface area contributed by atoms with Gasteiger partial charge in [0.1, 0.15) is 17.6 Å². The fourth-order valence-electron chi connectivity index (χ4n) is 4.23. The van der Waals surface area contributed by atoms with Gasteiger partial charge in [-0.05, 0) is 41.3 Å². The van der Waals surface area contributed by atoms with Gasteiger partial charge < -0.3 is 10.4 Å². The Hall–Kier alpha value is -4.73. The number of pyridine rings is 1. The molecular weight excluding hydrogens is 487 g/mol. The van der Waals surface area contributed by atoms with Gasteiger partial charge in [-0.2, -0.15) is 5.10 Å². The summed E-state index contributed by atoms with van der Waals surface area (Å²) in [6.45, 7) is 5.05. The quantitative estimate of drug-likeness (QED) is 0.348. The summed E-state index contributed by atoms with van der Waals surface area (Å²) >= 11 is 0. The average Bonchev–Trinajstić information content (AvgIpc) is 3.28. The van der Waals surface area contributed by atoms with Crippen molar-refractivity contribution in [3.8, 4) is 11.3 Å². The number of aromatic nitrogens is 5. The van der Waals surface area contributed by atoms with E-state index in [-0.39, 0.29) is 5.56 Å². The Balaban J connectivity index is 1.41. The molecule has 0 spiro atoms. The van der Waals surface area contributed by atoms with Crippen LogP contribution < -0.4 is 5.32 Å². The Bertz CT molecular complexity index is 1690. The Kier molecular flexibility index (Phi) is 6.31. The van der Waals surface area contributed by atoms with Gasteiger partial charge in [-0.15, -0.1) is 0 Å². The first-order valence-corrected chi connectivity index (χ1v) is 12.0. The highest BCUT2D eigenvalue weighted by atomic mass is 19.1. The number of fused-ring (bicyclic) bond motifs is 2. The number of nitrogens with zero attached hydrogens (tertiary/aromatic N) is 5. The van der Waals surface area contributed by atoms with E-state index in [1.165, 1.54) is 18.3 Å². The molecule has 5 aromatic rings. The molecule has 1 amide bonds. The lowest BCUT2D eigenvalue weighted by Gasteiger charge is -2.27. The van der Waals surface area contributed by atoms with E-state index in [4.69, 9.17) is 0 Å². The van der Waals surface area contributed by atoms with Crippen LogP contribution in [0, 0.1) is 11.2 Å². The summed E-state index contributed by atoms with van der Waals surface area (Å²) in [4.78, 5) is 37.3. The average molecular weight is 513 g/mol. The van der Waals surface area contributed by atoms with Gasteiger partial charge in [0.2, 0.25) is 0 Å². The van der Waals surface area contributed by atoms with Crippen LogP contribution in [-0.2, 0) is 11.2 Å². The van der Waals surface area contributed by atoms with Crippen molar-refractivity contribution in [1.82, 2.24) is 29.9 Å². The molecule has 2 aromatic carbocycles. The van der Waals surface area contributed by atoms with Crippen molar-refractivity contribution in [1.29, 1.82) is 0 Å². The van der Waals surface area contributed by atoms with E-state index < -0.39 is 29.2 Å². The number of halogens is 1. The molecule has 2 N–H and O–H groups in total. The van der Waals surface area contributed by atoms with Crippen LogP contribution >= 0.6 is 0 Å². The van der Waals surface area contributed by atoms with Crippen molar-refractivity contribution in [3.63, 3.8) is 0 Å². The van der Waals surface area contributed by atoms with Crippen LogP contribution in [0.15, 0.2) is 67.1 Å². The number of nitrogens with one attached hydrogen (secondary N) is 1. The molecule has 9 nitrogen and oxygen atoms in total. The van der Waals surface area contributed by atoms with Gasteiger partial charge >= 0.3 is 5.97 Å². The highest BCUT2D eigenvalue weighted by Crippen LogP contribution is 2.23. The van der Waals surface area contributed by atoms with E-state index in [0.717, 1.165) is 22.2 Å². The van der Waals surface area contributed by atoms with E-state index in [2.05, 4.69) is 31.4 Å². The lowest BCUT2D eigenvalue weighted by molar-refractivity contribution is -0.142. The van der Waals surface area contributed by atoms with Crippen molar-refractivity contribution in [2.24, 2.45) is 5.41 Å². The lowest BCUT2D eigenvalue weighted by Crippen LogP contribution is -2.49. The molecule has 10 heteroatoms. The molecule has 1 unspecified atom stereocenters. The van der Waals surface area contributed by atoms with Gasteiger partial charge in [0.15, 0.2) is 0 Å². The fraction of sp³-hybridized carbons (Fsp3) is 0.214. The minimum absolute atomic E-state index is 0.257. The monoisotopic (exact) mass is 512 g/mol. The third-order valence-electron chi connectivity index (χ3n) is 6.25. The van der Waals surface area contributed by atoms with Crippen LogP contribution in [0.5, 0.6) is 0 Å². The molecule has 5 rings (SSSR count). The number of aliphatic carboxylic acids is 1. The molecule has 3 aromatic heterocycles. The number of rotatable bonds is 6. The van der Waals surface area contributed by atoms with Crippen LogP contribution in [0.25, 0.3) is 27.9 Å². The molecule has 0 aliphatic heterocycles. The molecule has 0 aliphatic rings. The van der Waals surface area contributed by atoms with Crippen LogP contribution in [-0.4, -0.2) is 47.6 Å². The number of amides is 1. The number of carbonyl (C=O) groups is 2. The molecule has 0 saturated carbocycles. The number of benzene rings is 2. The number of imidazole rings is 1. The highest BCUT2D eigenvalue weighted by molar-refractivity contribution is 5.97. The number of carboxylic acids is 1. The number of carbonyl (C=O) groups excluding carboxylic acids is 1. The molecule has 0 bridgehead atoms. The molecule has 0 aliphatic carbocycles. The zero-order valence-electron chi connectivity index (χ0n) is 21.0. The Morgan fingerprint density at radius 1 is 1.05 bits per heavy atom. The van der Waals surface area contributed by atoms with Gasteiger partial charge in [0.25, 0.3) is 11.7 Å². The van der Waals surface area contributed by atoms with Gasteiger partial charge in [-0.25, -0.2) is 23.7 Å². The maximum atomic E-state index is 15.0. The maximum Gasteiger partial charge on any atom is 0.326 e. The summed E-state index contributed by atoms with van der Waals surface area (Å²) in [5.74, 6) is -2.39. The van der Waals surface area contributed by atoms with Gasteiger partial charge in [-0.1, -0.05) is 39.0 Å². The maximum absolute atomic E-state index is 15.0.